The van der Waals surface area contributed by atoms with Gasteiger partial charge in [-0.1, -0.05) is 29.8 Å². The van der Waals surface area contributed by atoms with Crippen LogP contribution in [-0.4, -0.2) is 43.1 Å². The number of carbonyl (C=O) groups is 1. The molecule has 1 aromatic heterocycles. The second kappa shape index (κ2) is 8.63. The molecule has 0 saturated carbocycles. The van der Waals surface area contributed by atoms with Crippen LogP contribution in [0.5, 0.6) is 0 Å². The molecule has 34 heavy (non-hydrogen) atoms. The number of aromatic nitrogens is 1. The van der Waals surface area contributed by atoms with Gasteiger partial charge in [-0.2, -0.15) is 8.42 Å². The Morgan fingerprint density at radius 2 is 1.76 bits per heavy atom. The number of nitrogens with zero attached hydrogens (tertiary/aromatic N) is 3. The van der Waals surface area contributed by atoms with Crippen LogP contribution >= 0.6 is 11.3 Å². The van der Waals surface area contributed by atoms with Crippen LogP contribution in [0.1, 0.15) is 35.1 Å². The lowest BCUT2D eigenvalue weighted by atomic mass is 9.95. The Bertz CT molecular complexity index is 1390. The van der Waals surface area contributed by atoms with Crippen molar-refractivity contribution < 1.29 is 13.2 Å². The summed E-state index contributed by atoms with van der Waals surface area (Å²) in [6.45, 7) is 7.40. The number of aryl methyl sites for hydroxylation is 3. The van der Waals surface area contributed by atoms with Crippen molar-refractivity contribution in [2.45, 2.75) is 38.5 Å². The largest absolute Gasteiger partial charge is 0.355 e. The Kier molecular flexibility index (Phi) is 5.77. The monoisotopic (exact) mass is 494 g/mol. The van der Waals surface area contributed by atoms with Crippen molar-refractivity contribution in [2.24, 2.45) is 10.3 Å². The molecule has 0 bridgehead atoms. The van der Waals surface area contributed by atoms with E-state index in [0.29, 0.717) is 42.5 Å². The van der Waals surface area contributed by atoms with Gasteiger partial charge in [0.2, 0.25) is 5.91 Å². The summed E-state index contributed by atoms with van der Waals surface area (Å²) < 4.78 is 28.7. The lowest BCUT2D eigenvalue weighted by molar-refractivity contribution is -0.120. The van der Waals surface area contributed by atoms with Gasteiger partial charge in [0.15, 0.2) is 11.0 Å². The van der Waals surface area contributed by atoms with Gasteiger partial charge < -0.3 is 10.2 Å². The molecule has 0 atom stereocenters. The molecule has 3 heterocycles. The normalized spacial score (nSPS) is 17.4. The fraction of sp³-hybridized carbons (Fsp3) is 0.320. The van der Waals surface area contributed by atoms with Gasteiger partial charge in [-0.05, 0) is 56.9 Å². The van der Waals surface area contributed by atoms with Gasteiger partial charge in [-0.15, -0.1) is 15.7 Å². The third kappa shape index (κ3) is 4.14. The van der Waals surface area contributed by atoms with E-state index in [0.717, 1.165) is 11.3 Å². The van der Waals surface area contributed by atoms with Gasteiger partial charge in [-0.3, -0.25) is 4.79 Å². The molecule has 2 aromatic carbocycles. The maximum Gasteiger partial charge on any atom is 0.285 e. The molecule has 2 aliphatic heterocycles. The standard InChI is InChI=1S/C25H26N4O3S2/c1-15-12-16(2)22(17(3)13-15)20-14-33-25(26-20)27-24(30)18-8-10-29(11-9-18)23-19-6-4-5-7-21(19)34(31,32)28-23/h4-7,12-14,18H,8-11H2,1-3H3,(H,26,27,30). The van der Waals surface area contributed by atoms with Gasteiger partial charge >= 0.3 is 0 Å². The minimum absolute atomic E-state index is 0.0423. The first-order chi connectivity index (χ1) is 16.2. The first kappa shape index (κ1) is 22.7. The van der Waals surface area contributed by atoms with Crippen LogP contribution in [0.15, 0.2) is 51.1 Å². The van der Waals surface area contributed by atoms with Crippen molar-refractivity contribution in [2.75, 3.05) is 18.4 Å². The minimum Gasteiger partial charge on any atom is -0.355 e. The number of amidine groups is 1. The summed E-state index contributed by atoms with van der Waals surface area (Å²) in [6.07, 6.45) is 1.25. The molecule has 176 valence electrons. The predicted molar refractivity (Wildman–Crippen MR) is 135 cm³/mol. The van der Waals surface area contributed by atoms with Crippen molar-refractivity contribution in [3.63, 3.8) is 0 Å². The van der Waals surface area contributed by atoms with Crippen LogP contribution in [0.4, 0.5) is 5.13 Å². The van der Waals surface area contributed by atoms with E-state index in [-0.39, 0.29) is 16.7 Å². The van der Waals surface area contributed by atoms with Crippen molar-refractivity contribution in [3.05, 3.63) is 64.0 Å². The summed E-state index contributed by atoms with van der Waals surface area (Å²) in [4.78, 5) is 19.8. The summed E-state index contributed by atoms with van der Waals surface area (Å²) in [7, 11) is -3.64. The molecule has 0 radical (unpaired) electrons. The Morgan fingerprint density at radius 1 is 1.09 bits per heavy atom. The number of hydrogen-bond acceptors (Lipinski definition) is 6. The molecule has 1 fully saturated rings. The van der Waals surface area contributed by atoms with E-state index in [1.54, 1.807) is 18.2 Å². The highest BCUT2D eigenvalue weighted by atomic mass is 32.2. The molecule has 1 amide bonds. The Labute approximate surface area is 203 Å². The van der Waals surface area contributed by atoms with Crippen LogP contribution < -0.4 is 5.32 Å². The number of hydrogen-bond donors (Lipinski definition) is 1. The summed E-state index contributed by atoms with van der Waals surface area (Å²) in [5.74, 6) is 0.294. The summed E-state index contributed by atoms with van der Waals surface area (Å²) in [5, 5.41) is 5.57. The molecule has 5 rings (SSSR count). The van der Waals surface area contributed by atoms with Crippen LogP contribution in [0.2, 0.25) is 0 Å². The average Bonchev–Trinajstić information content (AvgIpc) is 3.35. The molecule has 0 aliphatic carbocycles. The second-order valence-corrected chi connectivity index (χ2v) is 11.4. The molecule has 3 aromatic rings. The van der Waals surface area contributed by atoms with Gasteiger partial charge in [-0.25, -0.2) is 4.98 Å². The number of nitrogens with one attached hydrogen (secondary N) is 1. The Morgan fingerprint density at radius 3 is 2.47 bits per heavy atom. The molecular weight excluding hydrogens is 468 g/mol. The summed E-state index contributed by atoms with van der Waals surface area (Å²) >= 11 is 1.43. The van der Waals surface area contributed by atoms with Crippen molar-refractivity contribution >= 4 is 38.2 Å². The van der Waals surface area contributed by atoms with E-state index in [1.807, 2.05) is 16.3 Å². The highest BCUT2D eigenvalue weighted by molar-refractivity contribution is 7.90. The van der Waals surface area contributed by atoms with Gasteiger partial charge in [0.05, 0.1) is 5.69 Å². The van der Waals surface area contributed by atoms with Gasteiger partial charge in [0.1, 0.15) is 4.90 Å². The number of rotatable bonds is 3. The molecule has 7 nitrogen and oxygen atoms in total. The quantitative estimate of drug-likeness (QED) is 0.577. The Hall–Kier alpha value is -3.04. The summed E-state index contributed by atoms with van der Waals surface area (Å²) in [6, 6.07) is 11.2. The number of likely N-dealkylation sites (tertiary alicyclic amines) is 1. The van der Waals surface area contributed by atoms with Crippen molar-refractivity contribution in [1.82, 2.24) is 9.88 Å². The third-order valence-electron chi connectivity index (χ3n) is 6.45. The highest BCUT2D eigenvalue weighted by Crippen LogP contribution is 2.32. The predicted octanol–water partition coefficient (Wildman–Crippen LogP) is 4.53. The topological polar surface area (TPSA) is 91.7 Å². The average molecular weight is 495 g/mol. The third-order valence-corrected chi connectivity index (χ3v) is 8.53. The number of thiazole rings is 1. The number of sulfonamides is 1. The number of fused-ring (bicyclic) bond motifs is 1. The van der Waals surface area contributed by atoms with E-state index in [9.17, 15) is 13.2 Å². The number of amides is 1. The molecule has 0 spiro atoms. The number of carbonyl (C=O) groups excluding carboxylic acids is 1. The summed E-state index contributed by atoms with van der Waals surface area (Å²) in [5.41, 5.74) is 6.20. The molecule has 2 aliphatic rings. The van der Waals surface area contributed by atoms with Crippen LogP contribution in [0, 0.1) is 26.7 Å². The zero-order valence-electron chi connectivity index (χ0n) is 19.3. The van der Waals surface area contributed by atoms with Gasteiger partial charge in [0, 0.05) is 35.5 Å². The first-order valence-corrected chi connectivity index (χ1v) is 13.6. The maximum absolute atomic E-state index is 12.9. The van der Waals surface area contributed by atoms with Crippen molar-refractivity contribution in [3.8, 4) is 11.3 Å². The SMILES string of the molecule is Cc1cc(C)c(-c2csc(NC(=O)C3CCN(C4=NS(=O)(=O)c5ccccc54)CC3)n2)c(C)c1. The molecule has 1 N–H and O–H groups in total. The fourth-order valence-electron chi connectivity index (χ4n) is 4.91. The molecular formula is C25H26N4O3S2. The fourth-order valence-corrected chi connectivity index (χ4v) is 6.84. The van der Waals surface area contributed by atoms with Gasteiger partial charge in [0.25, 0.3) is 10.0 Å². The van der Waals surface area contributed by atoms with Crippen LogP contribution in [-0.2, 0) is 14.8 Å². The smallest absolute Gasteiger partial charge is 0.285 e. The van der Waals surface area contributed by atoms with E-state index in [4.69, 9.17) is 0 Å². The zero-order valence-corrected chi connectivity index (χ0v) is 21.0. The van der Waals surface area contributed by atoms with E-state index < -0.39 is 10.0 Å². The van der Waals surface area contributed by atoms with Crippen LogP contribution in [0.3, 0.4) is 0 Å². The second-order valence-electron chi connectivity index (χ2n) is 8.95. The van der Waals surface area contributed by atoms with E-state index >= 15 is 0 Å². The van der Waals surface area contributed by atoms with E-state index in [2.05, 4.69) is 47.6 Å². The molecule has 0 unspecified atom stereocenters. The lowest BCUT2D eigenvalue weighted by Gasteiger charge is -2.32. The number of piperidine rings is 1. The maximum atomic E-state index is 12.9. The van der Waals surface area contributed by atoms with Crippen LogP contribution in [0.25, 0.3) is 11.3 Å². The Balaban J connectivity index is 1.24. The number of benzene rings is 2. The molecule has 1 saturated heterocycles. The molecule has 9 heteroatoms. The first-order valence-electron chi connectivity index (χ1n) is 11.3. The lowest BCUT2D eigenvalue weighted by Crippen LogP contribution is -2.41. The van der Waals surface area contributed by atoms with E-state index in [1.165, 1.54) is 28.0 Å². The van der Waals surface area contributed by atoms with Crippen molar-refractivity contribution in [1.29, 1.82) is 0 Å². The minimum atomic E-state index is -3.64. The number of anilines is 1. The highest BCUT2D eigenvalue weighted by Gasteiger charge is 2.34. The zero-order chi connectivity index (χ0) is 24.0.